The van der Waals surface area contributed by atoms with Crippen molar-refractivity contribution in [3.63, 3.8) is 0 Å². The van der Waals surface area contributed by atoms with E-state index in [0.29, 0.717) is 24.0 Å². The van der Waals surface area contributed by atoms with E-state index in [1.165, 1.54) is 11.3 Å². The number of benzene rings is 2. The maximum Gasteiger partial charge on any atom is 0.206 e. The minimum Gasteiger partial charge on any atom is -0.497 e. The van der Waals surface area contributed by atoms with Crippen LogP contribution >= 0.6 is 11.3 Å². The zero-order valence-corrected chi connectivity index (χ0v) is 21.7. The number of rotatable bonds is 10. The summed E-state index contributed by atoms with van der Waals surface area (Å²) in [4.78, 5) is 5.55. The van der Waals surface area contributed by atoms with E-state index in [4.69, 9.17) is 29.0 Å². The molecule has 7 nitrogen and oxygen atoms in total. The van der Waals surface area contributed by atoms with Crippen LogP contribution in [0.1, 0.15) is 33.3 Å². The quantitative estimate of drug-likeness (QED) is 0.359. The van der Waals surface area contributed by atoms with E-state index >= 15 is 0 Å². The zero-order valence-electron chi connectivity index (χ0n) is 20.9. The molecular weight excluding hydrogens is 450 g/mol. The Hall–Kier alpha value is -3.26. The van der Waals surface area contributed by atoms with E-state index in [0.717, 1.165) is 33.1 Å². The van der Waals surface area contributed by atoms with Crippen molar-refractivity contribution in [2.24, 2.45) is 16.0 Å². The molecule has 1 heterocycles. The Morgan fingerprint density at radius 1 is 0.912 bits per heavy atom. The van der Waals surface area contributed by atoms with Gasteiger partial charge in [-0.25, -0.2) is 4.68 Å². The van der Waals surface area contributed by atoms with Crippen LogP contribution in [0.4, 0.5) is 0 Å². The van der Waals surface area contributed by atoms with E-state index < -0.39 is 0 Å². The van der Waals surface area contributed by atoms with Gasteiger partial charge in [0, 0.05) is 23.1 Å². The highest BCUT2D eigenvalue weighted by molar-refractivity contribution is 7.07. The third-order valence-corrected chi connectivity index (χ3v) is 5.65. The van der Waals surface area contributed by atoms with Crippen LogP contribution in [0.15, 0.2) is 51.9 Å². The van der Waals surface area contributed by atoms with Gasteiger partial charge < -0.3 is 18.9 Å². The van der Waals surface area contributed by atoms with Gasteiger partial charge in [0.15, 0.2) is 11.5 Å². The first kappa shape index (κ1) is 25.4. The van der Waals surface area contributed by atoms with Gasteiger partial charge in [-0.3, -0.25) is 4.99 Å². The average Bonchev–Trinajstić information content (AvgIpc) is 3.22. The van der Waals surface area contributed by atoms with Crippen LogP contribution in [0.5, 0.6) is 23.0 Å². The second kappa shape index (κ2) is 11.7. The summed E-state index contributed by atoms with van der Waals surface area (Å²) in [5, 5.41) is 6.82. The number of thiazole rings is 1. The van der Waals surface area contributed by atoms with Crippen LogP contribution in [-0.4, -0.2) is 44.9 Å². The molecule has 1 aromatic heterocycles. The smallest absolute Gasteiger partial charge is 0.206 e. The van der Waals surface area contributed by atoms with Gasteiger partial charge in [-0.2, -0.15) is 5.10 Å². The molecule has 0 bridgehead atoms. The molecule has 0 aliphatic heterocycles. The highest BCUT2D eigenvalue weighted by Gasteiger charge is 2.14. The highest BCUT2D eigenvalue weighted by Crippen LogP contribution is 2.34. The predicted octanol–water partition coefficient (Wildman–Crippen LogP) is 5.47. The monoisotopic (exact) mass is 483 g/mol. The topological polar surface area (TPSA) is 66.6 Å². The van der Waals surface area contributed by atoms with Crippen molar-refractivity contribution < 1.29 is 18.9 Å². The SMILES string of the molecule is COc1ccc(-c2csc(=NC(C)C)n2N=Cc2ccc(OCC(C)C)c(OC)c2)c(OC)c1. The highest BCUT2D eigenvalue weighted by atomic mass is 32.1. The summed E-state index contributed by atoms with van der Waals surface area (Å²) in [6.07, 6.45) is 1.79. The molecule has 0 N–H and O–H groups in total. The Morgan fingerprint density at radius 3 is 2.32 bits per heavy atom. The van der Waals surface area contributed by atoms with E-state index in [9.17, 15) is 0 Å². The number of nitrogens with zero attached hydrogens (tertiary/aromatic N) is 3. The zero-order chi connectivity index (χ0) is 24.7. The van der Waals surface area contributed by atoms with Crippen molar-refractivity contribution in [2.45, 2.75) is 33.7 Å². The normalized spacial score (nSPS) is 12.1. The van der Waals surface area contributed by atoms with Crippen molar-refractivity contribution in [3.8, 4) is 34.3 Å². The molecule has 182 valence electrons. The summed E-state index contributed by atoms with van der Waals surface area (Å²) in [5.74, 6) is 3.24. The first-order valence-electron chi connectivity index (χ1n) is 11.2. The number of hydrogen-bond acceptors (Lipinski definition) is 7. The summed E-state index contributed by atoms with van der Waals surface area (Å²) < 4.78 is 24.2. The van der Waals surface area contributed by atoms with Crippen molar-refractivity contribution in [1.29, 1.82) is 0 Å². The second-order valence-corrected chi connectivity index (χ2v) is 9.20. The molecule has 0 spiro atoms. The molecule has 0 radical (unpaired) electrons. The fourth-order valence-electron chi connectivity index (χ4n) is 3.18. The predicted molar refractivity (Wildman–Crippen MR) is 138 cm³/mol. The van der Waals surface area contributed by atoms with E-state index in [1.807, 2.05) is 60.3 Å². The summed E-state index contributed by atoms with van der Waals surface area (Å²) in [5.41, 5.74) is 2.66. The molecule has 3 aromatic rings. The molecule has 8 heteroatoms. The Balaban J connectivity index is 2.04. The minimum absolute atomic E-state index is 0.128. The first-order valence-corrected chi connectivity index (χ1v) is 12.1. The average molecular weight is 484 g/mol. The Morgan fingerprint density at radius 2 is 1.68 bits per heavy atom. The molecule has 34 heavy (non-hydrogen) atoms. The first-order chi connectivity index (χ1) is 16.4. The van der Waals surface area contributed by atoms with Gasteiger partial charge in [0.1, 0.15) is 11.5 Å². The van der Waals surface area contributed by atoms with Crippen molar-refractivity contribution in [2.75, 3.05) is 27.9 Å². The van der Waals surface area contributed by atoms with Crippen LogP contribution in [-0.2, 0) is 0 Å². The summed E-state index contributed by atoms with van der Waals surface area (Å²) >= 11 is 1.53. The van der Waals surface area contributed by atoms with Gasteiger partial charge in [0.05, 0.1) is 39.8 Å². The molecule has 2 aromatic carbocycles. The number of hydrogen-bond donors (Lipinski definition) is 0. The van der Waals surface area contributed by atoms with E-state index in [1.54, 1.807) is 27.5 Å². The van der Waals surface area contributed by atoms with Gasteiger partial charge in [-0.15, -0.1) is 11.3 Å². The molecule has 3 rings (SSSR count). The molecule has 0 unspecified atom stereocenters. The van der Waals surface area contributed by atoms with Crippen LogP contribution in [0.2, 0.25) is 0 Å². The fourth-order valence-corrected chi connectivity index (χ4v) is 4.14. The lowest BCUT2D eigenvalue weighted by molar-refractivity contribution is 0.257. The third-order valence-electron chi connectivity index (χ3n) is 4.82. The summed E-state index contributed by atoms with van der Waals surface area (Å²) in [7, 11) is 4.92. The van der Waals surface area contributed by atoms with Crippen LogP contribution in [0.3, 0.4) is 0 Å². The molecule has 0 saturated carbocycles. The molecule has 0 atom stereocenters. The minimum atomic E-state index is 0.128. The summed E-state index contributed by atoms with van der Waals surface area (Å²) in [6, 6.07) is 11.6. The van der Waals surface area contributed by atoms with Crippen LogP contribution < -0.4 is 23.7 Å². The molecule has 0 saturated heterocycles. The lowest BCUT2D eigenvalue weighted by Gasteiger charge is -2.13. The lowest BCUT2D eigenvalue weighted by Crippen LogP contribution is -2.14. The van der Waals surface area contributed by atoms with Crippen molar-refractivity contribution in [1.82, 2.24) is 4.68 Å². The van der Waals surface area contributed by atoms with E-state index in [2.05, 4.69) is 13.8 Å². The Kier molecular flexibility index (Phi) is 8.76. The number of aromatic nitrogens is 1. The molecule has 0 aliphatic carbocycles. The van der Waals surface area contributed by atoms with Gasteiger partial charge in [-0.05, 0) is 55.7 Å². The largest absolute Gasteiger partial charge is 0.497 e. The van der Waals surface area contributed by atoms with Crippen molar-refractivity contribution in [3.05, 3.63) is 52.1 Å². The lowest BCUT2D eigenvalue weighted by atomic mass is 10.1. The van der Waals surface area contributed by atoms with Gasteiger partial charge in [-0.1, -0.05) is 13.8 Å². The third kappa shape index (κ3) is 6.20. The summed E-state index contributed by atoms with van der Waals surface area (Å²) in [6.45, 7) is 8.94. The van der Waals surface area contributed by atoms with E-state index in [-0.39, 0.29) is 6.04 Å². The number of ether oxygens (including phenoxy) is 4. The van der Waals surface area contributed by atoms with Crippen LogP contribution in [0, 0.1) is 5.92 Å². The molecule has 0 fully saturated rings. The van der Waals surface area contributed by atoms with Gasteiger partial charge in [0.25, 0.3) is 0 Å². The maximum atomic E-state index is 5.87. The van der Waals surface area contributed by atoms with Crippen molar-refractivity contribution >= 4 is 17.6 Å². The molecular formula is C26H33N3O4S. The molecule has 0 amide bonds. The van der Waals surface area contributed by atoms with Crippen LogP contribution in [0.25, 0.3) is 11.3 Å². The standard InChI is InChI=1S/C26H33N3O4S/c1-17(2)15-33-23-11-8-19(12-25(23)32-7)14-27-29-22(16-34-26(29)28-18(3)4)21-10-9-20(30-5)13-24(21)31-6/h8-14,16-18H,15H2,1-7H3. The maximum absolute atomic E-state index is 5.87. The van der Waals surface area contributed by atoms with Gasteiger partial charge >= 0.3 is 0 Å². The fraction of sp³-hybridized carbons (Fsp3) is 0.385. The van der Waals surface area contributed by atoms with Gasteiger partial charge in [0.2, 0.25) is 4.80 Å². The molecule has 0 aliphatic rings. The second-order valence-electron chi connectivity index (χ2n) is 8.36. The number of methoxy groups -OCH3 is 3. The Bertz CT molecular complexity index is 1190. The Labute approximate surface area is 205 Å².